The lowest BCUT2D eigenvalue weighted by Gasteiger charge is -2.04. The maximum Gasteiger partial charge on any atom is 0.161 e. The fourth-order valence-electron chi connectivity index (χ4n) is 2.83. The highest BCUT2D eigenvalue weighted by Crippen LogP contribution is 2.34. The van der Waals surface area contributed by atoms with Crippen LogP contribution in [0.2, 0.25) is 0 Å². The Hall–Kier alpha value is -3.69. The Balaban J connectivity index is 1.73. The second kappa shape index (κ2) is 7.28. The van der Waals surface area contributed by atoms with Crippen LogP contribution in [0.3, 0.4) is 0 Å². The van der Waals surface area contributed by atoms with Gasteiger partial charge in [-0.2, -0.15) is 5.26 Å². The molecule has 0 aliphatic heterocycles. The number of pyridine rings is 2. The molecule has 1 N–H and O–H groups in total. The summed E-state index contributed by atoms with van der Waals surface area (Å²) in [7, 11) is 0. The summed E-state index contributed by atoms with van der Waals surface area (Å²) < 4.78 is 11.5. The van der Waals surface area contributed by atoms with E-state index in [9.17, 15) is 0 Å². The van der Waals surface area contributed by atoms with E-state index in [2.05, 4.69) is 16.0 Å². The number of benzene rings is 1. The maximum absolute atomic E-state index is 9.10. The highest BCUT2D eigenvalue weighted by molar-refractivity contribution is 5.92. The van der Waals surface area contributed by atoms with Crippen LogP contribution in [0, 0.1) is 11.3 Å². The molecule has 0 aliphatic rings. The molecule has 1 aromatic carbocycles. The molecule has 27 heavy (non-hydrogen) atoms. The molecule has 0 radical (unpaired) electrons. The average molecular weight is 357 g/mol. The topological polar surface area (TPSA) is 92.2 Å². The zero-order chi connectivity index (χ0) is 18.6. The summed E-state index contributed by atoms with van der Waals surface area (Å²) in [4.78, 5) is 8.50. The molecule has 0 unspecified atom stereocenters. The monoisotopic (exact) mass is 357 g/mol. The molecule has 0 aliphatic carbocycles. The Morgan fingerprint density at radius 3 is 2.70 bits per heavy atom. The number of aliphatic hydroxyl groups is 1. The van der Waals surface area contributed by atoms with Gasteiger partial charge in [0.15, 0.2) is 5.58 Å². The van der Waals surface area contributed by atoms with Gasteiger partial charge >= 0.3 is 0 Å². The molecular formula is C21H15N3O3. The number of furan rings is 1. The van der Waals surface area contributed by atoms with Crippen LogP contribution in [0.15, 0.2) is 65.5 Å². The molecule has 4 aromatic rings. The first kappa shape index (κ1) is 16.8. The lowest BCUT2D eigenvalue weighted by Crippen LogP contribution is -2.01. The van der Waals surface area contributed by atoms with Crippen molar-refractivity contribution in [3.05, 3.63) is 66.6 Å². The number of hydrogen-bond donors (Lipinski definition) is 1. The minimum absolute atomic E-state index is 0.0262. The molecule has 0 fully saturated rings. The number of fused-ring (bicyclic) bond motifs is 1. The van der Waals surface area contributed by atoms with E-state index in [4.69, 9.17) is 19.5 Å². The van der Waals surface area contributed by atoms with Gasteiger partial charge < -0.3 is 14.3 Å². The summed E-state index contributed by atoms with van der Waals surface area (Å²) in [6, 6.07) is 15.0. The third-order valence-electron chi connectivity index (χ3n) is 4.09. The van der Waals surface area contributed by atoms with Crippen LogP contribution >= 0.6 is 0 Å². The lowest BCUT2D eigenvalue weighted by molar-refractivity contribution is 0.201. The van der Waals surface area contributed by atoms with Gasteiger partial charge in [-0.25, -0.2) is 0 Å². The van der Waals surface area contributed by atoms with Gasteiger partial charge in [0, 0.05) is 41.3 Å². The van der Waals surface area contributed by atoms with Crippen molar-refractivity contribution in [1.29, 1.82) is 5.26 Å². The first-order chi connectivity index (χ1) is 13.3. The first-order valence-electron chi connectivity index (χ1n) is 8.36. The smallest absolute Gasteiger partial charge is 0.161 e. The van der Waals surface area contributed by atoms with Gasteiger partial charge in [0.2, 0.25) is 0 Å². The van der Waals surface area contributed by atoms with Crippen LogP contribution in [-0.4, -0.2) is 28.3 Å². The zero-order valence-electron chi connectivity index (χ0n) is 14.3. The molecule has 0 spiro atoms. The van der Waals surface area contributed by atoms with Crippen molar-refractivity contribution >= 4 is 11.1 Å². The van der Waals surface area contributed by atoms with E-state index < -0.39 is 0 Å². The van der Waals surface area contributed by atoms with Crippen molar-refractivity contribution in [1.82, 2.24) is 9.97 Å². The Kier molecular flexibility index (Phi) is 4.52. The number of rotatable bonds is 5. The third-order valence-corrected chi connectivity index (χ3v) is 4.09. The average Bonchev–Trinajstić information content (AvgIpc) is 3.17. The number of hydrogen-bond acceptors (Lipinski definition) is 6. The van der Waals surface area contributed by atoms with Crippen molar-refractivity contribution in [2.75, 3.05) is 13.2 Å². The van der Waals surface area contributed by atoms with Crippen LogP contribution in [0.4, 0.5) is 0 Å². The molecule has 4 rings (SSSR count). The van der Waals surface area contributed by atoms with E-state index in [0.29, 0.717) is 22.7 Å². The molecule has 3 aromatic heterocycles. The number of aromatic nitrogens is 2. The Labute approximate surface area is 155 Å². The van der Waals surface area contributed by atoms with Gasteiger partial charge in [-0.05, 0) is 36.4 Å². The van der Waals surface area contributed by atoms with Crippen LogP contribution in [0.1, 0.15) is 5.56 Å². The molecule has 0 saturated carbocycles. The first-order valence-corrected chi connectivity index (χ1v) is 8.36. The summed E-state index contributed by atoms with van der Waals surface area (Å²) in [5.41, 5.74) is 4.38. The predicted molar refractivity (Wildman–Crippen MR) is 100.0 cm³/mol. The standard InChI is InChI=1S/C21H15N3O3/c22-11-14-9-16(13-23-12-14)18-5-6-24-19-10-20(27-21(18)19)15-1-3-17(4-2-15)26-8-7-25/h1-6,9-10,12-13,25H,7-8H2. The number of nitriles is 1. The minimum atomic E-state index is -0.0262. The molecule has 3 heterocycles. The van der Waals surface area contributed by atoms with Crippen molar-refractivity contribution in [3.63, 3.8) is 0 Å². The van der Waals surface area contributed by atoms with E-state index in [-0.39, 0.29) is 13.2 Å². The van der Waals surface area contributed by atoms with E-state index in [1.807, 2.05) is 36.4 Å². The van der Waals surface area contributed by atoms with Gasteiger partial charge in [-0.3, -0.25) is 9.97 Å². The summed E-state index contributed by atoms with van der Waals surface area (Å²) in [6.45, 7) is 0.231. The van der Waals surface area contributed by atoms with Crippen LogP contribution < -0.4 is 4.74 Å². The SMILES string of the molecule is N#Cc1cncc(-c2ccnc3cc(-c4ccc(OCCO)cc4)oc23)c1. The Morgan fingerprint density at radius 2 is 1.93 bits per heavy atom. The second-order valence-corrected chi connectivity index (χ2v) is 5.85. The molecular weight excluding hydrogens is 342 g/mol. The van der Waals surface area contributed by atoms with Crippen molar-refractivity contribution in [2.45, 2.75) is 0 Å². The zero-order valence-corrected chi connectivity index (χ0v) is 14.3. The molecule has 0 bridgehead atoms. The van der Waals surface area contributed by atoms with Gasteiger partial charge in [-0.15, -0.1) is 0 Å². The van der Waals surface area contributed by atoms with Gasteiger partial charge in [-0.1, -0.05) is 0 Å². The van der Waals surface area contributed by atoms with Gasteiger partial charge in [0.1, 0.15) is 29.7 Å². The van der Waals surface area contributed by atoms with E-state index in [0.717, 1.165) is 22.2 Å². The third kappa shape index (κ3) is 3.36. The fourth-order valence-corrected chi connectivity index (χ4v) is 2.83. The summed E-state index contributed by atoms with van der Waals surface area (Å²) >= 11 is 0. The van der Waals surface area contributed by atoms with Crippen molar-refractivity contribution < 1.29 is 14.3 Å². The summed E-state index contributed by atoms with van der Waals surface area (Å²) in [5.74, 6) is 1.37. The van der Waals surface area contributed by atoms with Gasteiger partial charge in [0.05, 0.1) is 12.2 Å². The highest BCUT2D eigenvalue weighted by atomic mass is 16.5. The Bertz CT molecular complexity index is 1130. The molecule has 6 heteroatoms. The molecule has 132 valence electrons. The van der Waals surface area contributed by atoms with E-state index in [1.54, 1.807) is 18.5 Å². The number of ether oxygens (including phenoxy) is 1. The largest absolute Gasteiger partial charge is 0.491 e. The normalized spacial score (nSPS) is 10.7. The quantitative estimate of drug-likeness (QED) is 0.584. The van der Waals surface area contributed by atoms with E-state index >= 15 is 0 Å². The maximum atomic E-state index is 9.10. The summed E-state index contributed by atoms with van der Waals surface area (Å²) in [5, 5.41) is 17.9. The highest BCUT2D eigenvalue weighted by Gasteiger charge is 2.13. The number of nitrogens with zero attached hydrogens (tertiary/aromatic N) is 3. The van der Waals surface area contributed by atoms with Gasteiger partial charge in [0.25, 0.3) is 0 Å². The fraction of sp³-hybridized carbons (Fsp3) is 0.0952. The lowest BCUT2D eigenvalue weighted by atomic mass is 10.1. The predicted octanol–water partition coefficient (Wildman–Crippen LogP) is 3.80. The van der Waals surface area contributed by atoms with Crippen LogP contribution in [0.5, 0.6) is 5.75 Å². The molecule has 6 nitrogen and oxygen atoms in total. The number of aliphatic hydroxyl groups excluding tert-OH is 1. The summed E-state index contributed by atoms with van der Waals surface area (Å²) in [6.07, 6.45) is 4.93. The second-order valence-electron chi connectivity index (χ2n) is 5.85. The van der Waals surface area contributed by atoms with Crippen LogP contribution in [0.25, 0.3) is 33.6 Å². The van der Waals surface area contributed by atoms with Crippen molar-refractivity contribution in [3.8, 4) is 34.3 Å². The minimum Gasteiger partial charge on any atom is -0.491 e. The van der Waals surface area contributed by atoms with Crippen LogP contribution in [-0.2, 0) is 0 Å². The molecule has 0 amide bonds. The van der Waals surface area contributed by atoms with E-state index in [1.165, 1.54) is 6.20 Å². The molecule has 0 saturated heterocycles. The van der Waals surface area contributed by atoms with Crippen molar-refractivity contribution in [2.24, 2.45) is 0 Å². The Morgan fingerprint density at radius 1 is 1.07 bits per heavy atom. The molecule has 0 atom stereocenters.